The van der Waals surface area contributed by atoms with Gasteiger partial charge in [0, 0.05) is 12.1 Å². The summed E-state index contributed by atoms with van der Waals surface area (Å²) in [6, 6.07) is 1.36. The SMILES string of the molecule is CCCN1CCC(C(C)NC(C)CC)CC1. The van der Waals surface area contributed by atoms with Crippen molar-refractivity contribution >= 4 is 0 Å². The Kier molecular flexibility index (Phi) is 6.37. The highest BCUT2D eigenvalue weighted by atomic mass is 15.1. The smallest absolute Gasteiger partial charge is 0.00704 e. The minimum absolute atomic E-state index is 0.670. The van der Waals surface area contributed by atoms with Gasteiger partial charge in [0.2, 0.25) is 0 Å². The molecular formula is C14H30N2. The van der Waals surface area contributed by atoms with Crippen LogP contribution in [-0.2, 0) is 0 Å². The molecule has 96 valence electrons. The average Bonchev–Trinajstić information content (AvgIpc) is 2.30. The van der Waals surface area contributed by atoms with Crippen molar-refractivity contribution in [1.82, 2.24) is 10.2 Å². The zero-order valence-corrected chi connectivity index (χ0v) is 11.6. The maximum Gasteiger partial charge on any atom is 0.00704 e. The van der Waals surface area contributed by atoms with Gasteiger partial charge in [-0.15, -0.1) is 0 Å². The van der Waals surface area contributed by atoms with E-state index >= 15 is 0 Å². The van der Waals surface area contributed by atoms with E-state index in [1.807, 2.05) is 0 Å². The number of piperidine rings is 1. The summed E-state index contributed by atoms with van der Waals surface area (Å²) >= 11 is 0. The third-order valence-corrected chi connectivity index (χ3v) is 4.04. The second kappa shape index (κ2) is 7.29. The number of likely N-dealkylation sites (tertiary alicyclic amines) is 1. The van der Waals surface area contributed by atoms with Crippen LogP contribution in [0.5, 0.6) is 0 Å². The average molecular weight is 226 g/mol. The Bertz CT molecular complexity index is 174. The Morgan fingerprint density at radius 2 is 1.81 bits per heavy atom. The largest absolute Gasteiger partial charge is 0.312 e. The van der Waals surface area contributed by atoms with Crippen LogP contribution in [0.15, 0.2) is 0 Å². The van der Waals surface area contributed by atoms with Crippen LogP contribution in [-0.4, -0.2) is 36.6 Å². The third kappa shape index (κ3) is 4.42. The van der Waals surface area contributed by atoms with Crippen molar-refractivity contribution in [2.45, 2.75) is 65.5 Å². The van der Waals surface area contributed by atoms with Crippen molar-refractivity contribution < 1.29 is 0 Å². The topological polar surface area (TPSA) is 15.3 Å². The molecule has 16 heavy (non-hydrogen) atoms. The Morgan fingerprint density at radius 3 is 2.31 bits per heavy atom. The van der Waals surface area contributed by atoms with Crippen molar-refractivity contribution in [3.05, 3.63) is 0 Å². The van der Waals surface area contributed by atoms with Crippen molar-refractivity contribution in [3.63, 3.8) is 0 Å². The molecule has 0 radical (unpaired) electrons. The van der Waals surface area contributed by atoms with Gasteiger partial charge in [-0.05, 0) is 65.1 Å². The summed E-state index contributed by atoms with van der Waals surface area (Å²) in [6.07, 6.45) is 5.29. The van der Waals surface area contributed by atoms with Crippen molar-refractivity contribution in [2.24, 2.45) is 5.92 Å². The summed E-state index contributed by atoms with van der Waals surface area (Å²) < 4.78 is 0. The normalized spacial score (nSPS) is 23.2. The first-order valence-corrected chi connectivity index (χ1v) is 7.15. The van der Waals surface area contributed by atoms with E-state index in [1.165, 1.54) is 45.3 Å². The van der Waals surface area contributed by atoms with E-state index in [0.717, 1.165) is 5.92 Å². The van der Waals surface area contributed by atoms with Crippen LogP contribution in [0.4, 0.5) is 0 Å². The molecule has 0 spiro atoms. The van der Waals surface area contributed by atoms with Crippen LogP contribution in [0.2, 0.25) is 0 Å². The molecule has 0 aromatic heterocycles. The summed E-state index contributed by atoms with van der Waals surface area (Å²) in [7, 11) is 0. The first kappa shape index (κ1) is 14.0. The summed E-state index contributed by atoms with van der Waals surface area (Å²) in [6.45, 7) is 13.1. The van der Waals surface area contributed by atoms with E-state index in [1.54, 1.807) is 0 Å². The van der Waals surface area contributed by atoms with Crippen LogP contribution < -0.4 is 5.32 Å². The van der Waals surface area contributed by atoms with Gasteiger partial charge in [0.1, 0.15) is 0 Å². The van der Waals surface area contributed by atoms with Gasteiger partial charge in [-0.1, -0.05) is 13.8 Å². The molecule has 0 amide bonds. The molecule has 1 rings (SSSR count). The fourth-order valence-electron chi connectivity index (χ4n) is 2.70. The molecular weight excluding hydrogens is 196 g/mol. The van der Waals surface area contributed by atoms with E-state index in [9.17, 15) is 0 Å². The van der Waals surface area contributed by atoms with E-state index < -0.39 is 0 Å². The first-order chi connectivity index (χ1) is 7.67. The van der Waals surface area contributed by atoms with E-state index in [4.69, 9.17) is 0 Å². The van der Waals surface area contributed by atoms with Gasteiger partial charge in [0.05, 0.1) is 0 Å². The lowest BCUT2D eigenvalue weighted by molar-refractivity contribution is 0.159. The molecule has 2 atom stereocenters. The zero-order chi connectivity index (χ0) is 12.0. The molecule has 1 aliphatic heterocycles. The Hall–Kier alpha value is -0.0800. The standard InChI is InChI=1S/C14H30N2/c1-5-9-16-10-7-14(8-11-16)13(4)15-12(3)6-2/h12-15H,5-11H2,1-4H3. The van der Waals surface area contributed by atoms with Crippen LogP contribution in [0, 0.1) is 5.92 Å². The van der Waals surface area contributed by atoms with Crippen molar-refractivity contribution in [3.8, 4) is 0 Å². The molecule has 1 aliphatic rings. The lowest BCUT2D eigenvalue weighted by Gasteiger charge is -2.36. The van der Waals surface area contributed by atoms with Gasteiger partial charge in [-0.25, -0.2) is 0 Å². The first-order valence-electron chi connectivity index (χ1n) is 7.15. The summed E-state index contributed by atoms with van der Waals surface area (Å²) in [5.74, 6) is 0.891. The van der Waals surface area contributed by atoms with Crippen molar-refractivity contribution in [2.75, 3.05) is 19.6 Å². The fourth-order valence-corrected chi connectivity index (χ4v) is 2.70. The Balaban J connectivity index is 2.24. The van der Waals surface area contributed by atoms with Crippen LogP contribution >= 0.6 is 0 Å². The Morgan fingerprint density at radius 1 is 1.19 bits per heavy atom. The van der Waals surface area contributed by atoms with Gasteiger partial charge in [0.15, 0.2) is 0 Å². The molecule has 1 heterocycles. The van der Waals surface area contributed by atoms with E-state index in [-0.39, 0.29) is 0 Å². The van der Waals surface area contributed by atoms with Gasteiger partial charge >= 0.3 is 0 Å². The molecule has 2 unspecified atom stereocenters. The highest BCUT2D eigenvalue weighted by molar-refractivity contribution is 4.80. The van der Waals surface area contributed by atoms with Gasteiger partial charge in [-0.2, -0.15) is 0 Å². The van der Waals surface area contributed by atoms with E-state index in [2.05, 4.69) is 37.9 Å². The predicted octanol–water partition coefficient (Wildman–Crippen LogP) is 2.89. The molecule has 1 saturated heterocycles. The fraction of sp³-hybridized carbons (Fsp3) is 1.00. The van der Waals surface area contributed by atoms with Gasteiger partial charge in [-0.3, -0.25) is 0 Å². The minimum atomic E-state index is 0.670. The second-order valence-corrected chi connectivity index (χ2v) is 5.44. The quantitative estimate of drug-likeness (QED) is 0.749. The lowest BCUT2D eigenvalue weighted by atomic mass is 9.90. The maximum atomic E-state index is 3.73. The van der Waals surface area contributed by atoms with Gasteiger partial charge < -0.3 is 10.2 Å². The molecule has 2 nitrogen and oxygen atoms in total. The number of hydrogen-bond donors (Lipinski definition) is 1. The summed E-state index contributed by atoms with van der Waals surface area (Å²) in [5.41, 5.74) is 0. The van der Waals surface area contributed by atoms with Crippen LogP contribution in [0.1, 0.15) is 53.4 Å². The second-order valence-electron chi connectivity index (χ2n) is 5.44. The number of rotatable bonds is 6. The molecule has 0 bridgehead atoms. The maximum absolute atomic E-state index is 3.73. The van der Waals surface area contributed by atoms with Crippen LogP contribution in [0.25, 0.3) is 0 Å². The number of nitrogens with one attached hydrogen (secondary N) is 1. The van der Waals surface area contributed by atoms with Crippen molar-refractivity contribution in [1.29, 1.82) is 0 Å². The summed E-state index contributed by atoms with van der Waals surface area (Å²) in [5, 5.41) is 3.73. The minimum Gasteiger partial charge on any atom is -0.312 e. The van der Waals surface area contributed by atoms with Crippen LogP contribution in [0.3, 0.4) is 0 Å². The lowest BCUT2D eigenvalue weighted by Crippen LogP contribution is -2.44. The van der Waals surface area contributed by atoms with E-state index in [0.29, 0.717) is 12.1 Å². The Labute approximate surface area is 102 Å². The molecule has 0 aliphatic carbocycles. The molecule has 2 heteroatoms. The summed E-state index contributed by atoms with van der Waals surface area (Å²) in [4.78, 5) is 2.62. The molecule has 0 saturated carbocycles. The van der Waals surface area contributed by atoms with Gasteiger partial charge in [0.25, 0.3) is 0 Å². The number of nitrogens with zero attached hydrogens (tertiary/aromatic N) is 1. The molecule has 1 N–H and O–H groups in total. The molecule has 1 fully saturated rings. The predicted molar refractivity (Wildman–Crippen MR) is 71.8 cm³/mol. The third-order valence-electron chi connectivity index (χ3n) is 4.04. The highest BCUT2D eigenvalue weighted by Gasteiger charge is 2.23. The monoisotopic (exact) mass is 226 g/mol. The highest BCUT2D eigenvalue weighted by Crippen LogP contribution is 2.21. The molecule has 0 aromatic rings. The zero-order valence-electron chi connectivity index (χ0n) is 11.6. The molecule has 0 aromatic carbocycles. The number of hydrogen-bond acceptors (Lipinski definition) is 2.